The van der Waals surface area contributed by atoms with Crippen molar-refractivity contribution in [3.8, 4) is 0 Å². The summed E-state index contributed by atoms with van der Waals surface area (Å²) in [5, 5.41) is 21.1. The Bertz CT molecular complexity index is 1080. The number of aromatic nitrogens is 2. The highest BCUT2D eigenvalue weighted by Crippen LogP contribution is 2.46. The number of thiophene rings is 1. The number of benzene rings is 1. The van der Waals surface area contributed by atoms with Gasteiger partial charge in [0, 0.05) is 17.0 Å². The molecule has 3 N–H and O–H groups in total. The third-order valence-electron chi connectivity index (χ3n) is 5.05. The lowest BCUT2D eigenvalue weighted by Gasteiger charge is -2.33. The Labute approximate surface area is 188 Å². The molecule has 0 fully saturated rings. The molecule has 6 nitrogen and oxygen atoms in total. The van der Waals surface area contributed by atoms with Gasteiger partial charge in [-0.05, 0) is 52.0 Å². The first kappa shape index (κ1) is 21.8. The van der Waals surface area contributed by atoms with Gasteiger partial charge in [-0.3, -0.25) is 4.79 Å². The van der Waals surface area contributed by atoms with E-state index in [1.807, 2.05) is 5.38 Å². The monoisotopic (exact) mass is 514 g/mol. The van der Waals surface area contributed by atoms with E-state index in [4.69, 9.17) is 0 Å². The van der Waals surface area contributed by atoms with Crippen LogP contribution in [0.25, 0.3) is 0 Å². The number of nitrogens with one attached hydrogen (secondary N) is 2. The summed E-state index contributed by atoms with van der Waals surface area (Å²) in [5.74, 6) is -0.532. The van der Waals surface area contributed by atoms with Crippen LogP contribution in [-0.4, -0.2) is 27.0 Å². The number of hydrogen-bond donors (Lipinski definition) is 3. The van der Waals surface area contributed by atoms with E-state index in [9.17, 15) is 23.1 Å². The molecular formula is C20H18BrF3N4O2S. The summed E-state index contributed by atoms with van der Waals surface area (Å²) in [4.78, 5) is 13.5. The van der Waals surface area contributed by atoms with Gasteiger partial charge in [-0.1, -0.05) is 18.2 Å². The molecule has 0 saturated heterocycles. The van der Waals surface area contributed by atoms with E-state index in [1.165, 1.54) is 11.3 Å². The molecule has 164 valence electrons. The van der Waals surface area contributed by atoms with Gasteiger partial charge in [-0.15, -0.1) is 11.3 Å². The molecule has 1 aromatic carbocycles. The van der Waals surface area contributed by atoms with Crippen LogP contribution in [0.15, 0.2) is 46.3 Å². The Morgan fingerprint density at radius 2 is 2.06 bits per heavy atom. The van der Waals surface area contributed by atoms with Gasteiger partial charge in [-0.25, -0.2) is 4.68 Å². The minimum absolute atomic E-state index is 0.113. The Morgan fingerprint density at radius 3 is 2.65 bits per heavy atom. The first-order chi connectivity index (χ1) is 14.6. The van der Waals surface area contributed by atoms with E-state index in [1.54, 1.807) is 43.3 Å². The number of hydrogen-bond acceptors (Lipinski definition) is 5. The van der Waals surface area contributed by atoms with Gasteiger partial charge in [0.15, 0.2) is 11.7 Å². The lowest BCUT2D eigenvalue weighted by atomic mass is 10.0. The quantitative estimate of drug-likeness (QED) is 0.418. The number of aliphatic hydroxyl groups excluding tert-OH is 1. The predicted octanol–water partition coefficient (Wildman–Crippen LogP) is 5.67. The molecule has 0 saturated carbocycles. The standard InChI is InChI=1S/C20H18BrF3N4O2S/c1-10(29)11-4-6-12(7-5-11)25-19(30)17-16(21)18-26-13(14-3-2-8-31-14)9-15(20(22,23)24)28(18)27-17/h2-8,10,13,15,26,29H,9H2,1H3,(H,25,30)/t10?,13-,15+/m1/s1. The van der Waals surface area contributed by atoms with E-state index < -0.39 is 30.3 Å². The number of alkyl halides is 3. The van der Waals surface area contributed by atoms with Crippen molar-refractivity contribution in [3.63, 3.8) is 0 Å². The summed E-state index contributed by atoms with van der Waals surface area (Å²) >= 11 is 4.63. The van der Waals surface area contributed by atoms with Crippen LogP contribution in [0.3, 0.4) is 0 Å². The molecule has 31 heavy (non-hydrogen) atoms. The van der Waals surface area contributed by atoms with Crippen LogP contribution in [0.1, 0.15) is 52.5 Å². The Balaban J connectivity index is 1.64. The Kier molecular flexibility index (Phi) is 5.84. The zero-order chi connectivity index (χ0) is 22.3. The zero-order valence-corrected chi connectivity index (χ0v) is 18.6. The Hall–Kier alpha value is -2.37. The van der Waals surface area contributed by atoms with Crippen molar-refractivity contribution in [1.29, 1.82) is 0 Å². The van der Waals surface area contributed by atoms with Crippen LogP contribution in [0.4, 0.5) is 24.7 Å². The highest BCUT2D eigenvalue weighted by atomic mass is 79.9. The van der Waals surface area contributed by atoms with Crippen molar-refractivity contribution in [3.05, 3.63) is 62.4 Å². The largest absolute Gasteiger partial charge is 0.410 e. The fourth-order valence-electron chi connectivity index (χ4n) is 3.45. The fraction of sp³-hybridized carbons (Fsp3) is 0.300. The molecule has 2 aromatic heterocycles. The molecule has 4 rings (SSSR count). The third-order valence-corrected chi connectivity index (χ3v) is 6.79. The summed E-state index contributed by atoms with van der Waals surface area (Å²) in [6.45, 7) is 1.62. The fourth-order valence-corrected chi connectivity index (χ4v) is 4.79. The summed E-state index contributed by atoms with van der Waals surface area (Å²) in [5.41, 5.74) is 0.959. The second-order valence-corrected chi connectivity index (χ2v) is 8.99. The van der Waals surface area contributed by atoms with Gasteiger partial charge in [-0.2, -0.15) is 18.3 Å². The molecule has 3 aromatic rings. The molecule has 0 aliphatic carbocycles. The lowest BCUT2D eigenvalue weighted by molar-refractivity contribution is -0.173. The predicted molar refractivity (Wildman–Crippen MR) is 115 cm³/mol. The number of nitrogens with zero attached hydrogens (tertiary/aromatic N) is 2. The van der Waals surface area contributed by atoms with Crippen molar-refractivity contribution in [2.45, 2.75) is 37.7 Å². The van der Waals surface area contributed by atoms with Gasteiger partial charge in [0.2, 0.25) is 0 Å². The number of carbonyl (C=O) groups excluding carboxylic acids is 1. The molecule has 0 spiro atoms. The third kappa shape index (κ3) is 4.35. The molecule has 0 radical (unpaired) electrons. The van der Waals surface area contributed by atoms with Crippen LogP contribution >= 0.6 is 27.3 Å². The van der Waals surface area contributed by atoms with Crippen LogP contribution in [0, 0.1) is 0 Å². The molecular weight excluding hydrogens is 497 g/mol. The summed E-state index contributed by atoms with van der Waals surface area (Å²) < 4.78 is 42.4. The van der Waals surface area contributed by atoms with Crippen molar-refractivity contribution >= 4 is 44.7 Å². The van der Waals surface area contributed by atoms with Crippen molar-refractivity contribution in [2.75, 3.05) is 10.6 Å². The second kappa shape index (κ2) is 8.29. The SMILES string of the molecule is CC(O)c1ccc(NC(=O)c2nn3c(c2Br)N[C@@H](c2cccs2)C[C@H]3C(F)(F)F)cc1. The van der Waals surface area contributed by atoms with Crippen LogP contribution in [0.5, 0.6) is 0 Å². The second-order valence-electron chi connectivity index (χ2n) is 7.21. The number of amides is 1. The van der Waals surface area contributed by atoms with Gasteiger partial charge >= 0.3 is 6.18 Å². The molecule has 1 aliphatic rings. The normalized spacial score (nSPS) is 19.4. The molecule has 1 aliphatic heterocycles. The van der Waals surface area contributed by atoms with Crippen molar-refractivity contribution < 1.29 is 23.1 Å². The van der Waals surface area contributed by atoms with Crippen LogP contribution in [-0.2, 0) is 0 Å². The summed E-state index contributed by atoms with van der Waals surface area (Å²) in [6, 6.07) is 7.67. The topological polar surface area (TPSA) is 79.2 Å². The zero-order valence-electron chi connectivity index (χ0n) is 16.2. The number of carbonyl (C=O) groups is 1. The summed E-state index contributed by atoms with van der Waals surface area (Å²) in [7, 11) is 0. The van der Waals surface area contributed by atoms with Crippen LogP contribution in [0.2, 0.25) is 0 Å². The maximum absolute atomic E-state index is 13.8. The van der Waals surface area contributed by atoms with E-state index in [-0.39, 0.29) is 22.4 Å². The number of anilines is 2. The number of fused-ring (bicyclic) bond motifs is 1. The van der Waals surface area contributed by atoms with Gasteiger partial charge in [0.25, 0.3) is 5.91 Å². The van der Waals surface area contributed by atoms with Crippen molar-refractivity contribution in [2.24, 2.45) is 0 Å². The maximum atomic E-state index is 13.8. The number of aliphatic hydroxyl groups is 1. The molecule has 0 bridgehead atoms. The van der Waals surface area contributed by atoms with Gasteiger partial charge in [0.1, 0.15) is 5.82 Å². The van der Waals surface area contributed by atoms with Gasteiger partial charge < -0.3 is 15.7 Å². The van der Waals surface area contributed by atoms with E-state index in [0.717, 1.165) is 9.56 Å². The smallest absolute Gasteiger partial charge is 0.389 e. The highest BCUT2D eigenvalue weighted by molar-refractivity contribution is 9.10. The number of halogens is 4. The average molecular weight is 515 g/mol. The highest BCUT2D eigenvalue weighted by Gasteiger charge is 2.48. The first-order valence-corrected chi connectivity index (χ1v) is 11.1. The molecule has 11 heteroatoms. The number of rotatable bonds is 4. The van der Waals surface area contributed by atoms with Gasteiger partial charge in [0.05, 0.1) is 16.6 Å². The van der Waals surface area contributed by atoms with Crippen LogP contribution < -0.4 is 10.6 Å². The molecule has 3 atom stereocenters. The first-order valence-electron chi connectivity index (χ1n) is 9.39. The lowest BCUT2D eigenvalue weighted by Crippen LogP contribution is -2.35. The van der Waals surface area contributed by atoms with E-state index >= 15 is 0 Å². The molecule has 1 amide bonds. The molecule has 3 heterocycles. The molecule has 1 unspecified atom stereocenters. The van der Waals surface area contributed by atoms with E-state index in [2.05, 4.69) is 31.7 Å². The Morgan fingerprint density at radius 1 is 1.35 bits per heavy atom. The minimum Gasteiger partial charge on any atom is -0.389 e. The average Bonchev–Trinajstić information content (AvgIpc) is 3.35. The van der Waals surface area contributed by atoms with Crippen molar-refractivity contribution in [1.82, 2.24) is 9.78 Å². The summed E-state index contributed by atoms with van der Waals surface area (Å²) in [6.07, 6.45) is -5.41. The minimum atomic E-state index is -4.53. The van der Waals surface area contributed by atoms with E-state index in [0.29, 0.717) is 11.3 Å². The maximum Gasteiger partial charge on any atom is 0.410 e.